The monoisotopic (exact) mass is 531 g/mol. The van der Waals surface area contributed by atoms with Gasteiger partial charge < -0.3 is 19.2 Å². The first-order valence-electron chi connectivity index (χ1n) is 12.8. The van der Waals surface area contributed by atoms with Crippen LogP contribution < -0.4 is 10.1 Å². The summed E-state index contributed by atoms with van der Waals surface area (Å²) in [6, 6.07) is 10.4. The molecule has 0 atom stereocenters. The molecule has 3 aliphatic carbocycles. The summed E-state index contributed by atoms with van der Waals surface area (Å²) in [6.45, 7) is 1.86. The summed E-state index contributed by atoms with van der Waals surface area (Å²) in [5.74, 6) is -0.147. The maximum Gasteiger partial charge on any atom is 0.255 e. The Morgan fingerprint density at radius 1 is 1.13 bits per heavy atom. The third kappa shape index (κ3) is 4.01. The van der Waals surface area contributed by atoms with Crippen LogP contribution in [0.5, 0.6) is 5.75 Å². The third-order valence-corrected chi connectivity index (χ3v) is 8.04. The molecule has 1 heterocycles. The Labute approximate surface area is 223 Å². The van der Waals surface area contributed by atoms with Crippen molar-refractivity contribution in [1.82, 2.24) is 5.32 Å². The highest BCUT2D eigenvalue weighted by molar-refractivity contribution is 6.05. The van der Waals surface area contributed by atoms with Gasteiger partial charge in [-0.05, 0) is 91.3 Å². The fourth-order valence-electron chi connectivity index (χ4n) is 6.01. The number of methoxy groups -OCH3 is 2. The molecule has 0 aliphatic heterocycles. The molecular weight excluding hydrogens is 504 g/mol. The van der Waals surface area contributed by atoms with Gasteiger partial charge >= 0.3 is 0 Å². The summed E-state index contributed by atoms with van der Waals surface area (Å²) in [6.07, 6.45) is 3.48. The molecule has 0 saturated heterocycles. The number of aldehydes is 1. The number of halogens is 2. The first-order chi connectivity index (χ1) is 18.8. The number of aryl methyl sites for hydroxylation is 1. The molecule has 1 aromatic heterocycles. The zero-order chi connectivity index (χ0) is 27.5. The second-order valence-electron chi connectivity index (χ2n) is 10.6. The van der Waals surface area contributed by atoms with Gasteiger partial charge in [-0.2, -0.15) is 0 Å². The van der Waals surface area contributed by atoms with E-state index in [1.54, 1.807) is 25.1 Å². The van der Waals surface area contributed by atoms with Crippen molar-refractivity contribution in [1.29, 1.82) is 0 Å². The summed E-state index contributed by atoms with van der Waals surface area (Å²) in [4.78, 5) is 25.6. The second-order valence-corrected chi connectivity index (χ2v) is 10.6. The molecule has 2 bridgehead atoms. The number of amides is 1. The lowest BCUT2D eigenvalue weighted by atomic mass is 9.50. The molecule has 7 rings (SSSR count). The van der Waals surface area contributed by atoms with Crippen molar-refractivity contribution in [2.45, 2.75) is 38.3 Å². The number of rotatable bonds is 8. The van der Waals surface area contributed by atoms with Crippen LogP contribution in [-0.4, -0.2) is 32.0 Å². The summed E-state index contributed by atoms with van der Waals surface area (Å²) in [7, 11) is 2.99. The zero-order valence-corrected chi connectivity index (χ0v) is 21.8. The summed E-state index contributed by atoms with van der Waals surface area (Å²) in [5.41, 5.74) is 2.64. The maximum atomic E-state index is 16.5. The van der Waals surface area contributed by atoms with Gasteiger partial charge in [0.15, 0.2) is 6.29 Å². The van der Waals surface area contributed by atoms with Gasteiger partial charge in [0.05, 0.1) is 30.2 Å². The Balaban J connectivity index is 1.54. The van der Waals surface area contributed by atoms with E-state index in [4.69, 9.17) is 13.9 Å². The third-order valence-electron chi connectivity index (χ3n) is 8.04. The molecular formula is C31H27F2NO5. The number of hydrogen-bond acceptors (Lipinski definition) is 5. The van der Waals surface area contributed by atoms with Gasteiger partial charge in [0, 0.05) is 23.8 Å². The van der Waals surface area contributed by atoms with E-state index < -0.39 is 11.6 Å². The van der Waals surface area contributed by atoms with Crippen molar-refractivity contribution in [3.63, 3.8) is 0 Å². The largest absolute Gasteiger partial charge is 0.496 e. The number of nitrogens with one attached hydrogen (secondary N) is 1. The first kappa shape index (κ1) is 25.2. The highest BCUT2D eigenvalue weighted by Gasteiger charge is 2.57. The van der Waals surface area contributed by atoms with Crippen LogP contribution in [-0.2, 0) is 11.3 Å². The number of ether oxygens (including phenoxy) is 2. The van der Waals surface area contributed by atoms with Gasteiger partial charge in [0.2, 0.25) is 0 Å². The summed E-state index contributed by atoms with van der Waals surface area (Å²) >= 11 is 0. The smallest absolute Gasteiger partial charge is 0.255 e. The molecule has 0 unspecified atom stereocenters. The van der Waals surface area contributed by atoms with Crippen molar-refractivity contribution in [2.75, 3.05) is 14.2 Å². The fourth-order valence-corrected chi connectivity index (χ4v) is 6.01. The molecule has 3 aliphatic rings. The number of fused-ring (bicyclic) bond motifs is 1. The lowest BCUT2D eigenvalue weighted by molar-refractivity contribution is -0.0439. The van der Waals surface area contributed by atoms with Gasteiger partial charge in [-0.3, -0.25) is 9.59 Å². The Morgan fingerprint density at radius 3 is 2.44 bits per heavy atom. The molecule has 39 heavy (non-hydrogen) atoms. The number of furan rings is 1. The quantitative estimate of drug-likeness (QED) is 0.259. The van der Waals surface area contributed by atoms with Crippen molar-refractivity contribution >= 4 is 23.2 Å². The molecule has 3 aromatic carbocycles. The maximum absolute atomic E-state index is 16.5. The van der Waals surface area contributed by atoms with E-state index in [2.05, 4.69) is 5.32 Å². The molecule has 0 spiro atoms. The fraction of sp³-hybridized carbons (Fsp3) is 0.290. The van der Waals surface area contributed by atoms with Crippen LogP contribution in [0.4, 0.5) is 8.78 Å². The Kier molecular flexibility index (Phi) is 6.03. The van der Waals surface area contributed by atoms with Crippen molar-refractivity contribution in [3.8, 4) is 28.2 Å². The Hall–Kier alpha value is -4.04. The molecule has 1 N–H and O–H groups in total. The molecule has 8 heteroatoms. The molecule has 200 valence electrons. The number of hydrogen-bond donors (Lipinski definition) is 1. The van der Waals surface area contributed by atoms with E-state index in [1.807, 2.05) is 0 Å². The molecule has 4 aromatic rings. The van der Waals surface area contributed by atoms with Crippen LogP contribution in [0.1, 0.15) is 51.1 Å². The molecule has 3 saturated carbocycles. The summed E-state index contributed by atoms with van der Waals surface area (Å²) in [5, 5.41) is 3.16. The lowest BCUT2D eigenvalue weighted by Crippen LogP contribution is -2.68. The van der Waals surface area contributed by atoms with Gasteiger partial charge in [-0.25, -0.2) is 8.78 Å². The van der Waals surface area contributed by atoms with Gasteiger partial charge in [0.25, 0.3) is 5.91 Å². The highest BCUT2D eigenvalue weighted by atomic mass is 19.1. The molecule has 0 radical (unpaired) electrons. The van der Waals surface area contributed by atoms with E-state index in [0.717, 1.165) is 19.3 Å². The second kappa shape index (κ2) is 9.31. The van der Waals surface area contributed by atoms with Crippen molar-refractivity contribution < 1.29 is 32.3 Å². The van der Waals surface area contributed by atoms with E-state index in [9.17, 15) is 14.0 Å². The van der Waals surface area contributed by atoms with E-state index >= 15 is 4.39 Å². The molecule has 3 fully saturated rings. The number of benzene rings is 3. The predicted molar refractivity (Wildman–Crippen MR) is 142 cm³/mol. The van der Waals surface area contributed by atoms with Crippen molar-refractivity contribution in [3.05, 3.63) is 76.4 Å². The Bertz CT molecular complexity index is 1620. The zero-order valence-electron chi connectivity index (χ0n) is 21.8. The van der Waals surface area contributed by atoms with Crippen LogP contribution in [0.2, 0.25) is 0 Å². The molecule has 1 amide bonds. The lowest BCUT2D eigenvalue weighted by Gasteiger charge is -2.61. The SMILES string of the molecule is COCc1cc2oc(-c3ccc(F)cc3)c(C=O)c2c(F)c1-c1cc(C(=O)NC23CC(C2)C3)c(OC)cc1C. The van der Waals surface area contributed by atoms with Crippen LogP contribution in [0, 0.1) is 24.5 Å². The number of carbonyl (C=O) groups excluding carboxylic acids is 2. The summed E-state index contributed by atoms with van der Waals surface area (Å²) < 4.78 is 46.9. The van der Waals surface area contributed by atoms with Crippen LogP contribution in [0.3, 0.4) is 0 Å². The highest BCUT2D eigenvalue weighted by Crippen LogP contribution is 2.57. The van der Waals surface area contributed by atoms with Crippen molar-refractivity contribution in [2.24, 2.45) is 5.92 Å². The van der Waals surface area contributed by atoms with E-state index in [0.29, 0.717) is 45.8 Å². The number of carbonyl (C=O) groups is 2. The first-order valence-corrected chi connectivity index (χ1v) is 12.8. The Morgan fingerprint density at radius 2 is 1.85 bits per heavy atom. The molecule has 6 nitrogen and oxygen atoms in total. The van der Waals surface area contributed by atoms with Gasteiger partial charge in [-0.15, -0.1) is 0 Å². The average molecular weight is 532 g/mol. The minimum atomic E-state index is -0.669. The normalized spacial score (nSPS) is 19.4. The van der Waals surface area contributed by atoms with Crippen LogP contribution in [0.25, 0.3) is 33.4 Å². The predicted octanol–water partition coefficient (Wildman–Crippen LogP) is 6.60. The topological polar surface area (TPSA) is 77.8 Å². The minimum Gasteiger partial charge on any atom is -0.496 e. The van der Waals surface area contributed by atoms with E-state index in [-0.39, 0.29) is 45.9 Å². The standard InChI is InChI=1S/C31H27F2NO5/c1-16-8-24(38-3)22(30(36)34-31-11-17(12-31)13-31)10-21(16)26-19(15-37-2)9-25-27(28(26)33)23(14-35)29(39-25)18-4-6-20(32)7-5-18/h4-10,14,17H,11-13,15H2,1-3H3,(H,34,36). The average Bonchev–Trinajstić information content (AvgIpc) is 3.25. The minimum absolute atomic E-state index is 0.00858. The van der Waals surface area contributed by atoms with E-state index in [1.165, 1.54) is 38.5 Å². The van der Waals surface area contributed by atoms with Gasteiger partial charge in [0.1, 0.15) is 28.7 Å². The van der Waals surface area contributed by atoms with Crippen LogP contribution >= 0.6 is 0 Å². The van der Waals surface area contributed by atoms with Crippen LogP contribution in [0.15, 0.2) is 46.9 Å². The van der Waals surface area contributed by atoms with Gasteiger partial charge in [-0.1, -0.05) is 0 Å².